The molecule has 1 aliphatic rings. The van der Waals surface area contributed by atoms with Crippen molar-refractivity contribution < 1.29 is 9.53 Å². The van der Waals surface area contributed by atoms with Gasteiger partial charge in [0, 0.05) is 17.0 Å². The van der Waals surface area contributed by atoms with Crippen molar-refractivity contribution in [2.75, 3.05) is 0 Å². The van der Waals surface area contributed by atoms with Gasteiger partial charge < -0.3 is 4.74 Å². The summed E-state index contributed by atoms with van der Waals surface area (Å²) in [5.74, 6) is 0.562. The van der Waals surface area contributed by atoms with Crippen molar-refractivity contribution >= 4 is 29.3 Å². The van der Waals surface area contributed by atoms with E-state index in [0.717, 1.165) is 17.0 Å². The minimum Gasteiger partial charge on any atom is -0.462 e. The molecule has 4 rings (SSSR count). The third-order valence-corrected chi connectivity index (χ3v) is 5.81. The molecule has 1 aromatic heterocycles. The summed E-state index contributed by atoms with van der Waals surface area (Å²) < 4.78 is 7.32. The van der Waals surface area contributed by atoms with Crippen LogP contribution in [-0.4, -0.2) is 32.1 Å². The highest BCUT2D eigenvalue weighted by Gasteiger charge is 2.34. The number of carbonyl (C=O) groups excluding carboxylic acids is 1. The van der Waals surface area contributed by atoms with Crippen molar-refractivity contribution in [3.63, 3.8) is 0 Å². The molecule has 0 N–H and O–H groups in total. The predicted molar refractivity (Wildman–Crippen MR) is 106 cm³/mol. The van der Waals surface area contributed by atoms with Crippen LogP contribution in [0, 0.1) is 0 Å². The molecule has 0 radical (unpaired) electrons. The lowest BCUT2D eigenvalue weighted by Gasteiger charge is -2.12. The summed E-state index contributed by atoms with van der Waals surface area (Å²) in [5, 5.41) is 9.89. The summed E-state index contributed by atoms with van der Waals surface area (Å²) >= 11 is 7.43. The topological polar surface area (TPSA) is 57.0 Å². The van der Waals surface area contributed by atoms with Gasteiger partial charge in [-0.15, -0.1) is 10.2 Å². The molecule has 1 aliphatic heterocycles. The summed E-state index contributed by atoms with van der Waals surface area (Å²) in [4.78, 5) is 12.1. The molecule has 0 unspecified atom stereocenters. The fourth-order valence-corrected chi connectivity index (χ4v) is 4.31. The van der Waals surface area contributed by atoms with Crippen molar-refractivity contribution in [1.29, 1.82) is 0 Å². The molecule has 0 aliphatic carbocycles. The fourth-order valence-electron chi connectivity index (χ4n) is 3.04. The van der Waals surface area contributed by atoms with Crippen molar-refractivity contribution in [3.05, 3.63) is 65.2 Å². The van der Waals surface area contributed by atoms with Crippen molar-refractivity contribution in [2.45, 2.75) is 36.4 Å². The van der Waals surface area contributed by atoms with Crippen LogP contribution < -0.4 is 0 Å². The molecule has 2 atom stereocenters. The summed E-state index contributed by atoms with van der Waals surface area (Å²) in [6.45, 7) is 2.53. The Hall–Kier alpha value is -2.31. The van der Waals surface area contributed by atoms with E-state index in [1.165, 1.54) is 11.8 Å². The van der Waals surface area contributed by atoms with Crippen LogP contribution >= 0.6 is 23.4 Å². The van der Waals surface area contributed by atoms with E-state index in [2.05, 4.69) is 22.3 Å². The number of hydrogen-bond donors (Lipinski definition) is 0. The number of esters is 1. The first-order valence-electron chi connectivity index (χ1n) is 8.70. The Kier molecular flexibility index (Phi) is 5.18. The number of nitrogens with zero attached hydrogens (tertiary/aromatic N) is 3. The van der Waals surface area contributed by atoms with Crippen LogP contribution in [0.15, 0.2) is 59.8 Å². The summed E-state index contributed by atoms with van der Waals surface area (Å²) in [7, 11) is 0. The lowest BCUT2D eigenvalue weighted by Crippen LogP contribution is -2.12. The molecule has 1 saturated heterocycles. The van der Waals surface area contributed by atoms with Crippen molar-refractivity contribution in [2.24, 2.45) is 0 Å². The van der Waals surface area contributed by atoms with Gasteiger partial charge in [0.25, 0.3) is 0 Å². The average Bonchev–Trinajstić information content (AvgIpc) is 3.20. The smallest absolute Gasteiger partial charge is 0.319 e. The molecule has 0 bridgehead atoms. The standard InChI is InChI=1S/C20H18ClN3O2S/c1-13-11-17(19(25)26-13)27-20-23-22-18(15-7-9-16(21)10-8-15)24(20)12-14-5-3-2-4-6-14/h2-10,13,17H,11-12H2,1H3/t13-,17+/m0/s1. The first kappa shape index (κ1) is 18.1. The highest BCUT2D eigenvalue weighted by Crippen LogP contribution is 2.33. The third-order valence-electron chi connectivity index (χ3n) is 4.38. The molecule has 138 valence electrons. The van der Waals surface area contributed by atoms with Crippen molar-refractivity contribution in [1.82, 2.24) is 14.8 Å². The SMILES string of the molecule is C[C@H]1C[C@@H](Sc2nnc(-c3ccc(Cl)cc3)n2Cc2ccccc2)C(=O)O1. The number of benzene rings is 2. The Balaban J connectivity index is 1.70. The number of carbonyl (C=O) groups is 1. The first-order chi connectivity index (χ1) is 13.1. The van der Waals surface area contributed by atoms with Gasteiger partial charge in [-0.3, -0.25) is 9.36 Å². The molecule has 2 heterocycles. The molecule has 27 heavy (non-hydrogen) atoms. The molecule has 7 heteroatoms. The molecule has 0 amide bonds. The molecule has 1 fully saturated rings. The molecule has 0 saturated carbocycles. The lowest BCUT2D eigenvalue weighted by molar-refractivity contribution is -0.140. The molecule has 2 aromatic carbocycles. The first-order valence-corrected chi connectivity index (χ1v) is 9.96. The monoisotopic (exact) mass is 399 g/mol. The Bertz CT molecular complexity index is 944. The Labute approximate surface area is 166 Å². The maximum absolute atomic E-state index is 12.1. The Morgan fingerprint density at radius 1 is 1.15 bits per heavy atom. The van der Waals surface area contributed by atoms with Crippen LogP contribution in [0.4, 0.5) is 0 Å². The summed E-state index contributed by atoms with van der Waals surface area (Å²) in [6, 6.07) is 17.6. The average molecular weight is 400 g/mol. The number of ether oxygens (including phenoxy) is 1. The number of thioether (sulfide) groups is 1. The highest BCUT2D eigenvalue weighted by atomic mass is 35.5. The number of cyclic esters (lactones) is 1. The van der Waals surface area contributed by atoms with Crippen molar-refractivity contribution in [3.8, 4) is 11.4 Å². The largest absolute Gasteiger partial charge is 0.462 e. The predicted octanol–water partition coefficient (Wildman–Crippen LogP) is 4.44. The van der Waals surface area contributed by atoms with Gasteiger partial charge in [-0.25, -0.2) is 0 Å². The van der Waals surface area contributed by atoms with E-state index in [4.69, 9.17) is 16.3 Å². The Morgan fingerprint density at radius 3 is 2.56 bits per heavy atom. The van der Waals surface area contributed by atoms with Crippen LogP contribution in [0.2, 0.25) is 5.02 Å². The molecule has 5 nitrogen and oxygen atoms in total. The normalized spacial score (nSPS) is 19.3. The van der Waals surface area contributed by atoms with E-state index < -0.39 is 0 Å². The van der Waals surface area contributed by atoms with Gasteiger partial charge in [0.2, 0.25) is 0 Å². The molecule has 3 aromatic rings. The van der Waals surface area contributed by atoms with Crippen LogP contribution in [0.5, 0.6) is 0 Å². The zero-order valence-corrected chi connectivity index (χ0v) is 16.3. The van der Waals surface area contributed by atoms with Gasteiger partial charge in [-0.05, 0) is 36.8 Å². The van der Waals surface area contributed by atoms with Gasteiger partial charge in [0.05, 0.1) is 6.54 Å². The Morgan fingerprint density at radius 2 is 1.89 bits per heavy atom. The van der Waals surface area contributed by atoms with E-state index in [9.17, 15) is 4.79 Å². The highest BCUT2D eigenvalue weighted by molar-refractivity contribution is 8.00. The summed E-state index contributed by atoms with van der Waals surface area (Å²) in [6.07, 6.45) is 0.620. The van der Waals surface area contributed by atoms with Gasteiger partial charge in [0.15, 0.2) is 11.0 Å². The zero-order valence-electron chi connectivity index (χ0n) is 14.7. The van der Waals surface area contributed by atoms with Gasteiger partial charge in [0.1, 0.15) is 11.4 Å². The molecular formula is C20H18ClN3O2S. The van der Waals surface area contributed by atoms with E-state index in [1.807, 2.05) is 54.0 Å². The van der Waals surface area contributed by atoms with E-state index in [0.29, 0.717) is 23.1 Å². The third kappa shape index (κ3) is 4.01. The molecule has 0 spiro atoms. The maximum Gasteiger partial charge on any atom is 0.319 e. The quantitative estimate of drug-likeness (QED) is 0.593. The second-order valence-corrected chi connectivity index (χ2v) is 8.08. The lowest BCUT2D eigenvalue weighted by atomic mass is 10.2. The minimum atomic E-state index is -0.253. The second-order valence-electron chi connectivity index (χ2n) is 6.47. The molecular weight excluding hydrogens is 382 g/mol. The van der Waals surface area contributed by atoms with Crippen LogP contribution in [0.3, 0.4) is 0 Å². The van der Waals surface area contributed by atoms with Gasteiger partial charge in [-0.1, -0.05) is 53.7 Å². The van der Waals surface area contributed by atoms with Gasteiger partial charge in [-0.2, -0.15) is 0 Å². The van der Waals surface area contributed by atoms with Crippen LogP contribution in [0.25, 0.3) is 11.4 Å². The zero-order chi connectivity index (χ0) is 18.8. The van der Waals surface area contributed by atoms with Crippen LogP contribution in [-0.2, 0) is 16.1 Å². The fraction of sp³-hybridized carbons (Fsp3) is 0.250. The van der Waals surface area contributed by atoms with E-state index >= 15 is 0 Å². The maximum atomic E-state index is 12.1. The summed E-state index contributed by atoms with van der Waals surface area (Å²) in [5.41, 5.74) is 2.06. The second kappa shape index (κ2) is 7.74. The number of halogens is 1. The van der Waals surface area contributed by atoms with Gasteiger partial charge >= 0.3 is 5.97 Å². The van der Waals surface area contributed by atoms with E-state index in [1.54, 1.807) is 0 Å². The number of hydrogen-bond acceptors (Lipinski definition) is 5. The number of rotatable bonds is 5. The number of aromatic nitrogens is 3. The van der Waals surface area contributed by atoms with E-state index in [-0.39, 0.29) is 17.3 Å². The van der Waals surface area contributed by atoms with Crippen LogP contribution in [0.1, 0.15) is 18.9 Å². The minimum absolute atomic E-state index is 0.0590.